The topological polar surface area (TPSA) is 66.7 Å². The molecule has 0 heterocycles. The molecule has 0 atom stereocenters. The normalized spacial score (nSPS) is 9.29. The van der Waals surface area contributed by atoms with Crippen LogP contribution in [0.15, 0.2) is 17.1 Å². The molecule has 4 nitrogen and oxygen atoms in total. The maximum absolute atomic E-state index is 10.8. The Balaban J connectivity index is 3.51. The lowest BCUT2D eigenvalue weighted by atomic mass is 10.0. The second-order valence-electron chi connectivity index (χ2n) is 2.99. The monoisotopic (exact) mass is 191 g/mol. The number of hydrogen-bond donors (Lipinski definition) is 1. The van der Waals surface area contributed by atoms with Crippen LogP contribution in [-0.2, 0) is 4.79 Å². The third kappa shape index (κ3) is 1.87. The fourth-order valence-corrected chi connectivity index (χ4v) is 1.32. The molecular formula is C10H9NO3. The van der Waals surface area contributed by atoms with Crippen LogP contribution in [0, 0.1) is 13.8 Å². The number of aliphatic imine (C=N–C) groups is 1. The summed E-state index contributed by atoms with van der Waals surface area (Å²) in [6.45, 7) is 3.49. The molecule has 0 fully saturated rings. The van der Waals surface area contributed by atoms with Gasteiger partial charge in [0.25, 0.3) is 0 Å². The van der Waals surface area contributed by atoms with Crippen LogP contribution in [0.5, 0.6) is 0 Å². The molecule has 0 aliphatic heterocycles. The third-order valence-corrected chi connectivity index (χ3v) is 1.83. The summed E-state index contributed by atoms with van der Waals surface area (Å²) in [5, 5.41) is 8.85. The van der Waals surface area contributed by atoms with E-state index in [2.05, 4.69) is 4.99 Å². The van der Waals surface area contributed by atoms with Crippen molar-refractivity contribution in [2.75, 3.05) is 0 Å². The number of benzene rings is 1. The summed E-state index contributed by atoms with van der Waals surface area (Å²) in [7, 11) is 0. The molecule has 0 saturated heterocycles. The summed E-state index contributed by atoms with van der Waals surface area (Å²) in [6.07, 6.45) is 1.35. The lowest BCUT2D eigenvalue weighted by Crippen LogP contribution is -1.98. The Labute approximate surface area is 80.9 Å². The lowest BCUT2D eigenvalue weighted by Gasteiger charge is -2.04. The Bertz CT molecular complexity index is 431. The number of nitrogens with zero attached hydrogens (tertiary/aromatic N) is 1. The van der Waals surface area contributed by atoms with Crippen molar-refractivity contribution in [1.82, 2.24) is 0 Å². The number of aromatic carboxylic acids is 1. The molecule has 14 heavy (non-hydrogen) atoms. The van der Waals surface area contributed by atoms with Crippen molar-refractivity contribution in [1.29, 1.82) is 0 Å². The number of aryl methyl sites for hydroxylation is 2. The highest BCUT2D eigenvalue weighted by Crippen LogP contribution is 2.25. The molecule has 4 heteroatoms. The predicted octanol–water partition coefficient (Wildman–Crippen LogP) is 1.97. The molecule has 0 radical (unpaired) electrons. The molecule has 0 amide bonds. The van der Waals surface area contributed by atoms with E-state index < -0.39 is 5.97 Å². The van der Waals surface area contributed by atoms with Gasteiger partial charge in [0.15, 0.2) is 0 Å². The second-order valence-corrected chi connectivity index (χ2v) is 2.99. The van der Waals surface area contributed by atoms with Crippen LogP contribution in [0.4, 0.5) is 5.69 Å². The van der Waals surface area contributed by atoms with Gasteiger partial charge in [0.05, 0.1) is 11.3 Å². The number of carbonyl (C=O) groups is 1. The minimum absolute atomic E-state index is 0.0332. The van der Waals surface area contributed by atoms with Gasteiger partial charge in [0, 0.05) is 0 Å². The maximum atomic E-state index is 10.8. The standard InChI is InChI=1S/C10H9NO3/c1-6-3-7(2)9(11-5-12)8(4-6)10(13)14/h3-4H,1-2H3,(H,13,14). The first-order chi connectivity index (χ1) is 6.56. The van der Waals surface area contributed by atoms with Crippen LogP contribution in [-0.4, -0.2) is 17.2 Å². The molecule has 0 aliphatic rings. The molecule has 0 saturated carbocycles. The molecule has 0 aliphatic carbocycles. The van der Waals surface area contributed by atoms with Crippen LogP contribution in [0.1, 0.15) is 21.5 Å². The van der Waals surface area contributed by atoms with E-state index in [4.69, 9.17) is 5.11 Å². The molecule has 0 aromatic heterocycles. The van der Waals surface area contributed by atoms with E-state index in [1.807, 2.05) is 0 Å². The first-order valence-electron chi connectivity index (χ1n) is 3.98. The van der Waals surface area contributed by atoms with E-state index in [-0.39, 0.29) is 11.3 Å². The van der Waals surface area contributed by atoms with Gasteiger partial charge in [0.1, 0.15) is 0 Å². The summed E-state index contributed by atoms with van der Waals surface area (Å²) in [5.41, 5.74) is 1.69. The Hall–Kier alpha value is -1.93. The van der Waals surface area contributed by atoms with Gasteiger partial charge in [-0.1, -0.05) is 6.07 Å². The van der Waals surface area contributed by atoms with Gasteiger partial charge < -0.3 is 5.11 Å². The summed E-state index contributed by atoms with van der Waals surface area (Å²) < 4.78 is 0. The summed E-state index contributed by atoms with van der Waals surface area (Å²) in [4.78, 5) is 24.3. The average molecular weight is 191 g/mol. The number of carbonyl (C=O) groups excluding carboxylic acids is 1. The SMILES string of the molecule is Cc1cc(C)c(N=C=O)c(C(=O)O)c1. The van der Waals surface area contributed by atoms with Gasteiger partial charge in [-0.15, -0.1) is 0 Å². The van der Waals surface area contributed by atoms with Gasteiger partial charge >= 0.3 is 5.97 Å². The zero-order chi connectivity index (χ0) is 10.7. The van der Waals surface area contributed by atoms with Crippen LogP contribution in [0.3, 0.4) is 0 Å². The van der Waals surface area contributed by atoms with Crippen molar-refractivity contribution in [3.8, 4) is 0 Å². The molecule has 0 spiro atoms. The molecular weight excluding hydrogens is 182 g/mol. The van der Waals surface area contributed by atoms with E-state index in [9.17, 15) is 9.59 Å². The van der Waals surface area contributed by atoms with E-state index in [0.717, 1.165) is 5.56 Å². The molecule has 1 aromatic rings. The molecule has 1 aromatic carbocycles. The number of isocyanates is 1. The van der Waals surface area contributed by atoms with Crippen molar-refractivity contribution in [3.63, 3.8) is 0 Å². The fourth-order valence-electron chi connectivity index (χ4n) is 1.32. The third-order valence-electron chi connectivity index (χ3n) is 1.83. The number of carboxylic acid groups (broad SMARTS) is 1. The average Bonchev–Trinajstić information content (AvgIpc) is 2.09. The molecule has 0 bridgehead atoms. The van der Waals surface area contributed by atoms with Crippen molar-refractivity contribution < 1.29 is 14.7 Å². The summed E-state index contributed by atoms with van der Waals surface area (Å²) in [6, 6.07) is 3.24. The highest BCUT2D eigenvalue weighted by molar-refractivity contribution is 5.94. The number of rotatable bonds is 2. The fraction of sp³-hybridized carbons (Fsp3) is 0.200. The van der Waals surface area contributed by atoms with E-state index in [1.54, 1.807) is 19.9 Å². The Kier molecular flexibility index (Phi) is 2.79. The minimum Gasteiger partial charge on any atom is -0.478 e. The maximum Gasteiger partial charge on any atom is 0.337 e. The van der Waals surface area contributed by atoms with Gasteiger partial charge in [-0.05, 0) is 31.0 Å². The van der Waals surface area contributed by atoms with Crippen molar-refractivity contribution in [2.45, 2.75) is 13.8 Å². The van der Waals surface area contributed by atoms with Crippen LogP contribution in [0.2, 0.25) is 0 Å². The van der Waals surface area contributed by atoms with E-state index in [0.29, 0.717) is 5.56 Å². The minimum atomic E-state index is -1.09. The predicted molar refractivity (Wildman–Crippen MR) is 50.7 cm³/mol. The molecule has 1 N–H and O–H groups in total. The molecule has 1 rings (SSSR count). The Morgan fingerprint density at radius 2 is 2.07 bits per heavy atom. The quantitative estimate of drug-likeness (QED) is 0.574. The van der Waals surface area contributed by atoms with Crippen LogP contribution < -0.4 is 0 Å². The Morgan fingerprint density at radius 3 is 2.57 bits per heavy atom. The molecule has 72 valence electrons. The first kappa shape index (κ1) is 10.2. The van der Waals surface area contributed by atoms with E-state index >= 15 is 0 Å². The smallest absolute Gasteiger partial charge is 0.337 e. The summed E-state index contributed by atoms with van der Waals surface area (Å²) >= 11 is 0. The van der Waals surface area contributed by atoms with Gasteiger partial charge in [-0.3, -0.25) is 0 Å². The largest absolute Gasteiger partial charge is 0.478 e. The Morgan fingerprint density at radius 1 is 1.43 bits per heavy atom. The highest BCUT2D eigenvalue weighted by Gasteiger charge is 2.12. The first-order valence-corrected chi connectivity index (χ1v) is 3.98. The summed E-state index contributed by atoms with van der Waals surface area (Å²) in [5.74, 6) is -1.09. The van der Waals surface area contributed by atoms with Crippen LogP contribution >= 0.6 is 0 Å². The van der Waals surface area contributed by atoms with Crippen molar-refractivity contribution >= 4 is 17.7 Å². The zero-order valence-corrected chi connectivity index (χ0v) is 7.87. The number of carboxylic acids is 1. The zero-order valence-electron chi connectivity index (χ0n) is 7.87. The second kappa shape index (κ2) is 3.85. The van der Waals surface area contributed by atoms with Crippen LogP contribution in [0.25, 0.3) is 0 Å². The lowest BCUT2D eigenvalue weighted by molar-refractivity contribution is 0.0697. The van der Waals surface area contributed by atoms with Crippen molar-refractivity contribution in [2.24, 2.45) is 4.99 Å². The van der Waals surface area contributed by atoms with E-state index in [1.165, 1.54) is 12.1 Å². The van der Waals surface area contributed by atoms with Crippen molar-refractivity contribution in [3.05, 3.63) is 28.8 Å². The highest BCUT2D eigenvalue weighted by atomic mass is 16.4. The van der Waals surface area contributed by atoms with Gasteiger partial charge in [-0.2, -0.15) is 4.99 Å². The van der Waals surface area contributed by atoms with Gasteiger partial charge in [0.2, 0.25) is 6.08 Å². The van der Waals surface area contributed by atoms with Gasteiger partial charge in [-0.25, -0.2) is 9.59 Å². The number of hydrogen-bond acceptors (Lipinski definition) is 3. The molecule has 0 unspecified atom stereocenters.